The van der Waals surface area contributed by atoms with Gasteiger partial charge in [-0.05, 0) is 26.7 Å². The first-order valence-corrected chi connectivity index (χ1v) is 8.52. The zero-order valence-corrected chi connectivity index (χ0v) is 12.8. The highest BCUT2D eigenvalue weighted by Gasteiger charge is 2.29. The second kappa shape index (κ2) is 5.81. The van der Waals surface area contributed by atoms with Gasteiger partial charge in [-0.3, -0.25) is 5.10 Å². The van der Waals surface area contributed by atoms with Crippen molar-refractivity contribution in [2.24, 2.45) is 0 Å². The Kier molecular flexibility index (Phi) is 4.53. The molecule has 0 radical (unpaired) electrons. The topological polar surface area (TPSA) is 74.8 Å². The molecule has 108 valence electrons. The maximum Gasteiger partial charge on any atom is 0.244 e. The predicted molar refractivity (Wildman–Crippen MR) is 74.9 cm³/mol. The minimum absolute atomic E-state index is 0.134. The van der Waals surface area contributed by atoms with Crippen LogP contribution in [0.25, 0.3) is 0 Å². The fourth-order valence-corrected chi connectivity index (χ4v) is 4.69. The van der Waals surface area contributed by atoms with Crippen LogP contribution in [0.3, 0.4) is 0 Å². The Morgan fingerprint density at radius 1 is 1.26 bits per heavy atom. The average molecular weight is 306 g/mol. The highest BCUT2D eigenvalue weighted by molar-refractivity contribution is 7.89. The number of aromatic nitrogens is 2. The number of rotatable bonds is 3. The molecule has 0 spiro atoms. The Balaban J connectivity index is 2.21. The number of H-pyrrole nitrogens is 1. The summed E-state index contributed by atoms with van der Waals surface area (Å²) in [6.45, 7) is 3.39. The molecule has 1 aliphatic rings. The average Bonchev–Trinajstić information content (AvgIpc) is 2.54. The number of halogens is 1. The molecule has 7 heteroatoms. The Morgan fingerprint density at radius 3 is 2.58 bits per heavy atom. The van der Waals surface area contributed by atoms with E-state index in [-0.39, 0.29) is 16.3 Å². The highest BCUT2D eigenvalue weighted by atomic mass is 35.5. The zero-order valence-electron chi connectivity index (χ0n) is 11.2. The van der Waals surface area contributed by atoms with Gasteiger partial charge in [-0.2, -0.15) is 5.10 Å². The molecular weight excluding hydrogens is 286 g/mol. The third-order valence-corrected chi connectivity index (χ3v) is 5.84. The van der Waals surface area contributed by atoms with Crippen molar-refractivity contribution in [1.29, 1.82) is 0 Å². The molecule has 2 unspecified atom stereocenters. The third-order valence-electron chi connectivity index (χ3n) is 3.57. The maximum absolute atomic E-state index is 12.4. The summed E-state index contributed by atoms with van der Waals surface area (Å²) in [5, 5.41) is 6.50. The van der Waals surface area contributed by atoms with Crippen LogP contribution in [0.15, 0.2) is 4.90 Å². The lowest BCUT2D eigenvalue weighted by Gasteiger charge is -2.21. The molecule has 5 nitrogen and oxygen atoms in total. The SMILES string of the molecule is Cc1n[nH]c(C)c1S(=O)(=O)NC1CCCCCC1Cl. The van der Waals surface area contributed by atoms with Crippen LogP contribution < -0.4 is 4.72 Å². The zero-order chi connectivity index (χ0) is 14.0. The molecule has 0 saturated heterocycles. The summed E-state index contributed by atoms with van der Waals surface area (Å²) in [4.78, 5) is 0.251. The minimum atomic E-state index is -3.56. The fourth-order valence-electron chi connectivity index (χ4n) is 2.59. The summed E-state index contributed by atoms with van der Waals surface area (Å²) in [6, 6.07) is -0.192. The number of hydrogen-bond donors (Lipinski definition) is 2. The number of hydrogen-bond acceptors (Lipinski definition) is 3. The van der Waals surface area contributed by atoms with E-state index in [1.165, 1.54) is 0 Å². The van der Waals surface area contributed by atoms with Gasteiger partial charge in [0.15, 0.2) is 0 Å². The van der Waals surface area contributed by atoms with Gasteiger partial charge in [0, 0.05) is 11.4 Å². The van der Waals surface area contributed by atoms with Crippen molar-refractivity contribution in [2.45, 2.75) is 62.3 Å². The largest absolute Gasteiger partial charge is 0.281 e. The second-order valence-electron chi connectivity index (χ2n) is 5.14. The summed E-state index contributed by atoms with van der Waals surface area (Å²) >= 11 is 6.28. The van der Waals surface area contributed by atoms with Crippen molar-refractivity contribution in [3.63, 3.8) is 0 Å². The van der Waals surface area contributed by atoms with Crippen molar-refractivity contribution in [2.75, 3.05) is 0 Å². The van der Waals surface area contributed by atoms with Crippen LogP contribution in [0, 0.1) is 13.8 Å². The first-order chi connectivity index (χ1) is 8.92. The smallest absolute Gasteiger partial charge is 0.244 e. The molecule has 0 aliphatic heterocycles. The molecule has 1 aliphatic carbocycles. The summed E-state index contributed by atoms with van der Waals surface area (Å²) in [6.07, 6.45) is 4.85. The molecule has 1 heterocycles. The molecular formula is C12H20ClN3O2S. The minimum Gasteiger partial charge on any atom is -0.281 e. The second-order valence-corrected chi connectivity index (χ2v) is 7.36. The molecule has 2 rings (SSSR count). The number of aryl methyl sites for hydroxylation is 2. The van der Waals surface area contributed by atoms with Gasteiger partial charge >= 0.3 is 0 Å². The van der Waals surface area contributed by atoms with Crippen LogP contribution in [-0.2, 0) is 10.0 Å². The van der Waals surface area contributed by atoms with Crippen LogP contribution in [0.5, 0.6) is 0 Å². The van der Waals surface area contributed by atoms with Crippen molar-refractivity contribution in [3.8, 4) is 0 Å². The standard InChI is InChI=1S/C12H20ClN3O2S/c1-8-12(9(2)15-14-8)19(17,18)16-11-7-5-3-4-6-10(11)13/h10-11,16H,3-7H2,1-2H3,(H,14,15). The number of alkyl halides is 1. The van der Waals surface area contributed by atoms with Crippen LogP contribution in [0.2, 0.25) is 0 Å². The van der Waals surface area contributed by atoms with E-state index in [9.17, 15) is 8.42 Å². The third kappa shape index (κ3) is 3.30. The van der Waals surface area contributed by atoms with E-state index in [1.807, 2.05) is 0 Å². The van der Waals surface area contributed by atoms with Crippen LogP contribution in [0.4, 0.5) is 0 Å². The number of sulfonamides is 1. The van der Waals surface area contributed by atoms with Crippen LogP contribution in [0.1, 0.15) is 43.5 Å². The molecule has 1 fully saturated rings. The van der Waals surface area contributed by atoms with Gasteiger partial charge in [0.25, 0.3) is 0 Å². The molecule has 2 atom stereocenters. The van der Waals surface area contributed by atoms with Gasteiger partial charge in [-0.1, -0.05) is 19.3 Å². The molecule has 1 saturated carbocycles. The maximum atomic E-state index is 12.4. The molecule has 1 aromatic heterocycles. The van der Waals surface area contributed by atoms with Crippen molar-refractivity contribution < 1.29 is 8.42 Å². The Labute approximate surface area is 119 Å². The van der Waals surface area contributed by atoms with E-state index >= 15 is 0 Å². The van der Waals surface area contributed by atoms with Gasteiger partial charge in [0.2, 0.25) is 10.0 Å². The monoisotopic (exact) mass is 305 g/mol. The quantitative estimate of drug-likeness (QED) is 0.664. The number of nitrogens with zero attached hydrogens (tertiary/aromatic N) is 1. The van der Waals surface area contributed by atoms with E-state index in [4.69, 9.17) is 11.6 Å². The Hall–Kier alpha value is -0.590. The lowest BCUT2D eigenvalue weighted by Crippen LogP contribution is -2.40. The van der Waals surface area contributed by atoms with Gasteiger partial charge in [-0.25, -0.2) is 13.1 Å². The molecule has 0 bridgehead atoms. The summed E-state index contributed by atoms with van der Waals surface area (Å²) in [5.41, 5.74) is 1.05. The molecule has 1 aromatic rings. The highest BCUT2D eigenvalue weighted by Crippen LogP contribution is 2.25. The Bertz CT molecular complexity index is 522. The van der Waals surface area contributed by atoms with E-state index in [0.717, 1.165) is 32.1 Å². The summed E-state index contributed by atoms with van der Waals surface area (Å²) < 4.78 is 27.6. The van der Waals surface area contributed by atoms with Gasteiger partial charge < -0.3 is 0 Å². The van der Waals surface area contributed by atoms with E-state index < -0.39 is 10.0 Å². The van der Waals surface area contributed by atoms with Crippen molar-refractivity contribution >= 4 is 21.6 Å². The molecule has 2 N–H and O–H groups in total. The molecule has 0 amide bonds. The van der Waals surface area contributed by atoms with Crippen molar-refractivity contribution in [1.82, 2.24) is 14.9 Å². The van der Waals surface area contributed by atoms with Crippen LogP contribution >= 0.6 is 11.6 Å². The number of aromatic amines is 1. The molecule has 19 heavy (non-hydrogen) atoms. The van der Waals surface area contributed by atoms with Gasteiger partial charge in [-0.15, -0.1) is 11.6 Å². The number of nitrogens with one attached hydrogen (secondary N) is 2. The lowest BCUT2D eigenvalue weighted by atomic mass is 10.1. The Morgan fingerprint density at radius 2 is 1.95 bits per heavy atom. The van der Waals surface area contributed by atoms with E-state index in [2.05, 4.69) is 14.9 Å². The first kappa shape index (κ1) is 14.8. The summed E-state index contributed by atoms with van der Waals surface area (Å²) in [5.74, 6) is 0. The van der Waals surface area contributed by atoms with Crippen molar-refractivity contribution in [3.05, 3.63) is 11.4 Å². The lowest BCUT2D eigenvalue weighted by molar-refractivity contribution is 0.513. The van der Waals surface area contributed by atoms with E-state index in [1.54, 1.807) is 13.8 Å². The first-order valence-electron chi connectivity index (χ1n) is 6.60. The van der Waals surface area contributed by atoms with Gasteiger partial charge in [0.1, 0.15) is 4.90 Å². The predicted octanol–water partition coefficient (Wildman–Crippen LogP) is 2.24. The van der Waals surface area contributed by atoms with Gasteiger partial charge in [0.05, 0.1) is 11.4 Å². The molecule has 0 aromatic carbocycles. The normalized spacial score (nSPS) is 25.2. The van der Waals surface area contributed by atoms with Crippen LogP contribution in [-0.4, -0.2) is 30.0 Å². The summed E-state index contributed by atoms with van der Waals surface area (Å²) in [7, 11) is -3.56. The fraction of sp³-hybridized carbons (Fsp3) is 0.750. The van der Waals surface area contributed by atoms with E-state index in [0.29, 0.717) is 11.4 Å².